The van der Waals surface area contributed by atoms with Gasteiger partial charge in [-0.1, -0.05) is 39.0 Å². The molecule has 4 nitrogen and oxygen atoms in total. The Morgan fingerprint density at radius 1 is 1.05 bits per heavy atom. The molecule has 3 rings (SSSR count). The summed E-state index contributed by atoms with van der Waals surface area (Å²) in [5.41, 5.74) is 4.13. The van der Waals surface area contributed by atoms with Crippen LogP contribution in [0.2, 0.25) is 0 Å². The minimum atomic E-state index is -0.138. The van der Waals surface area contributed by atoms with Crippen LogP contribution in [0.15, 0.2) is 42.5 Å². The number of aromatic nitrogens is 2. The summed E-state index contributed by atoms with van der Waals surface area (Å²) < 4.78 is 8.40. The van der Waals surface area contributed by atoms with Crippen LogP contribution in [0.1, 0.15) is 36.7 Å². The van der Waals surface area contributed by atoms with Gasteiger partial charge in [0.1, 0.15) is 11.0 Å². The van der Waals surface area contributed by atoms with E-state index in [1.54, 1.807) is 0 Å². The zero-order chi connectivity index (χ0) is 15.7. The number of carbonyl (C=O) groups excluding carboxylic acids is 1. The maximum atomic E-state index is 12.4. The topological polar surface area (TPSA) is 54.9 Å². The maximum absolute atomic E-state index is 12.4. The lowest BCUT2D eigenvalue weighted by molar-refractivity contribution is 0.102. The molecule has 1 amide bonds. The van der Waals surface area contributed by atoms with Gasteiger partial charge in [0.05, 0.1) is 17.4 Å². The summed E-state index contributed by atoms with van der Waals surface area (Å²) in [6.07, 6.45) is 0. The van der Waals surface area contributed by atoms with E-state index in [1.165, 1.54) is 5.56 Å². The van der Waals surface area contributed by atoms with Gasteiger partial charge in [0.25, 0.3) is 5.91 Å². The van der Waals surface area contributed by atoms with Gasteiger partial charge in [0.2, 0.25) is 0 Å². The summed E-state index contributed by atoms with van der Waals surface area (Å²) in [5, 5.41) is 2.91. The fourth-order valence-electron chi connectivity index (χ4n) is 2.22. The lowest BCUT2D eigenvalue weighted by Gasteiger charge is -2.19. The molecule has 0 aliphatic heterocycles. The van der Waals surface area contributed by atoms with Gasteiger partial charge in [-0.05, 0) is 35.2 Å². The van der Waals surface area contributed by atoms with Gasteiger partial charge in [-0.3, -0.25) is 4.79 Å². The summed E-state index contributed by atoms with van der Waals surface area (Å²) in [5.74, 6) is -0.138. The van der Waals surface area contributed by atoms with Crippen LogP contribution in [0.5, 0.6) is 0 Å². The third-order valence-corrected chi connectivity index (χ3v) is 4.09. The Labute approximate surface area is 133 Å². The number of fused-ring (bicyclic) bond motifs is 1. The third kappa shape index (κ3) is 2.85. The van der Waals surface area contributed by atoms with Crippen molar-refractivity contribution in [2.24, 2.45) is 0 Å². The van der Waals surface area contributed by atoms with E-state index in [2.05, 4.69) is 34.8 Å². The van der Waals surface area contributed by atoms with Crippen molar-refractivity contribution in [1.82, 2.24) is 8.75 Å². The van der Waals surface area contributed by atoms with Gasteiger partial charge in [0.15, 0.2) is 0 Å². The molecule has 0 bridgehead atoms. The summed E-state index contributed by atoms with van der Waals surface area (Å²) in [4.78, 5) is 12.4. The Kier molecular flexibility index (Phi) is 3.66. The summed E-state index contributed by atoms with van der Waals surface area (Å²) in [7, 11) is 0. The van der Waals surface area contributed by atoms with Crippen molar-refractivity contribution in [1.29, 1.82) is 0 Å². The van der Waals surface area contributed by atoms with Gasteiger partial charge in [0, 0.05) is 5.56 Å². The van der Waals surface area contributed by atoms with E-state index >= 15 is 0 Å². The average Bonchev–Trinajstić information content (AvgIpc) is 2.96. The van der Waals surface area contributed by atoms with Crippen LogP contribution in [0.3, 0.4) is 0 Å². The SMILES string of the molecule is CC(C)(C)c1ccc(C(=O)Nc2cccc3nsnc23)cc1. The lowest BCUT2D eigenvalue weighted by Crippen LogP contribution is -2.14. The monoisotopic (exact) mass is 311 g/mol. The molecule has 0 spiro atoms. The summed E-state index contributed by atoms with van der Waals surface area (Å²) >= 11 is 1.14. The Morgan fingerprint density at radius 2 is 1.77 bits per heavy atom. The molecule has 0 aliphatic carbocycles. The Hall–Kier alpha value is -2.27. The fraction of sp³-hybridized carbons (Fsp3) is 0.235. The fourth-order valence-corrected chi connectivity index (χ4v) is 2.77. The van der Waals surface area contributed by atoms with E-state index in [4.69, 9.17) is 0 Å². The normalized spacial score (nSPS) is 11.6. The first-order valence-corrected chi connectivity index (χ1v) is 7.81. The van der Waals surface area contributed by atoms with Gasteiger partial charge >= 0.3 is 0 Å². The van der Waals surface area contributed by atoms with Crippen LogP contribution in [0, 0.1) is 0 Å². The predicted molar refractivity (Wildman–Crippen MR) is 90.5 cm³/mol. The molecule has 1 N–H and O–H groups in total. The van der Waals surface area contributed by atoms with Gasteiger partial charge < -0.3 is 5.32 Å². The first-order valence-electron chi connectivity index (χ1n) is 7.08. The molecule has 0 saturated carbocycles. The second-order valence-corrected chi connectivity index (χ2v) is 6.75. The molecule has 0 aliphatic rings. The smallest absolute Gasteiger partial charge is 0.255 e. The lowest BCUT2D eigenvalue weighted by atomic mass is 9.87. The van der Waals surface area contributed by atoms with Crippen LogP contribution in [-0.2, 0) is 5.41 Å². The molecule has 1 heterocycles. The molecule has 2 aromatic carbocycles. The molecular weight excluding hydrogens is 294 g/mol. The van der Waals surface area contributed by atoms with Gasteiger partial charge in [-0.2, -0.15) is 8.75 Å². The summed E-state index contributed by atoms with van der Waals surface area (Å²) in [6.45, 7) is 6.45. The van der Waals surface area contributed by atoms with E-state index in [1.807, 2.05) is 42.5 Å². The minimum Gasteiger partial charge on any atom is -0.320 e. The van der Waals surface area contributed by atoms with Crippen LogP contribution in [-0.4, -0.2) is 14.7 Å². The molecule has 5 heteroatoms. The molecule has 0 radical (unpaired) electrons. The van der Waals surface area contributed by atoms with Crippen molar-refractivity contribution in [3.8, 4) is 0 Å². The number of nitrogens with one attached hydrogen (secondary N) is 1. The molecule has 22 heavy (non-hydrogen) atoms. The van der Waals surface area contributed by atoms with Crippen molar-refractivity contribution in [2.75, 3.05) is 5.32 Å². The number of amides is 1. The number of anilines is 1. The third-order valence-electron chi connectivity index (χ3n) is 3.55. The Balaban J connectivity index is 1.84. The summed E-state index contributed by atoms with van der Waals surface area (Å²) in [6, 6.07) is 13.3. The zero-order valence-corrected chi connectivity index (χ0v) is 13.6. The number of carbonyl (C=O) groups is 1. The van der Waals surface area contributed by atoms with Crippen LogP contribution in [0.4, 0.5) is 5.69 Å². The first kappa shape index (κ1) is 14.7. The van der Waals surface area contributed by atoms with E-state index in [0.717, 1.165) is 22.8 Å². The van der Waals surface area contributed by atoms with E-state index < -0.39 is 0 Å². The maximum Gasteiger partial charge on any atom is 0.255 e. The standard InChI is InChI=1S/C17H17N3OS/c1-17(2,3)12-9-7-11(8-10-12)16(21)18-13-5-4-6-14-15(13)20-22-19-14/h4-10H,1-3H3,(H,18,21). The number of hydrogen-bond acceptors (Lipinski definition) is 4. The first-order chi connectivity index (χ1) is 10.4. The van der Waals surface area contributed by atoms with Gasteiger partial charge in [-0.25, -0.2) is 0 Å². The zero-order valence-electron chi connectivity index (χ0n) is 12.8. The van der Waals surface area contributed by atoms with Gasteiger partial charge in [-0.15, -0.1) is 0 Å². The molecule has 1 aromatic heterocycles. The van der Waals surface area contributed by atoms with Crippen LogP contribution in [0.25, 0.3) is 11.0 Å². The van der Waals surface area contributed by atoms with Crippen LogP contribution < -0.4 is 5.32 Å². The minimum absolute atomic E-state index is 0.0763. The van der Waals surface area contributed by atoms with E-state index in [0.29, 0.717) is 11.3 Å². The molecule has 112 valence electrons. The van der Waals surface area contributed by atoms with E-state index in [9.17, 15) is 4.79 Å². The Bertz CT molecular complexity index is 816. The van der Waals surface area contributed by atoms with Crippen molar-refractivity contribution >= 4 is 34.4 Å². The number of nitrogens with zero attached hydrogens (tertiary/aromatic N) is 2. The van der Waals surface area contributed by atoms with Crippen molar-refractivity contribution < 1.29 is 4.79 Å². The molecule has 0 unspecified atom stereocenters. The average molecular weight is 311 g/mol. The van der Waals surface area contributed by atoms with Crippen LogP contribution >= 0.6 is 11.7 Å². The second-order valence-electron chi connectivity index (χ2n) is 6.22. The molecule has 0 fully saturated rings. The highest BCUT2D eigenvalue weighted by molar-refractivity contribution is 7.00. The molecule has 0 saturated heterocycles. The van der Waals surface area contributed by atoms with Crippen molar-refractivity contribution in [2.45, 2.75) is 26.2 Å². The largest absolute Gasteiger partial charge is 0.320 e. The number of benzene rings is 2. The molecular formula is C17H17N3OS. The second kappa shape index (κ2) is 5.50. The highest BCUT2D eigenvalue weighted by atomic mass is 32.1. The number of rotatable bonds is 2. The van der Waals surface area contributed by atoms with Crippen molar-refractivity contribution in [3.63, 3.8) is 0 Å². The highest BCUT2D eigenvalue weighted by Crippen LogP contribution is 2.24. The van der Waals surface area contributed by atoms with E-state index in [-0.39, 0.29) is 11.3 Å². The van der Waals surface area contributed by atoms with Crippen molar-refractivity contribution in [3.05, 3.63) is 53.6 Å². The number of hydrogen-bond donors (Lipinski definition) is 1. The quantitative estimate of drug-likeness (QED) is 0.770. The molecule has 0 atom stereocenters. The Morgan fingerprint density at radius 3 is 2.45 bits per heavy atom. The highest BCUT2D eigenvalue weighted by Gasteiger charge is 2.15. The molecule has 3 aromatic rings. The predicted octanol–water partition coefficient (Wildman–Crippen LogP) is 4.24.